The molecule has 0 radical (unpaired) electrons. The number of aliphatic hydroxyl groups is 1. The van der Waals surface area contributed by atoms with Crippen LogP contribution >= 0.6 is 15.6 Å². The molecule has 0 saturated carbocycles. The summed E-state index contributed by atoms with van der Waals surface area (Å²) in [5, 5.41) is 10.7. The van der Waals surface area contributed by atoms with Crippen LogP contribution in [0.15, 0.2) is 0 Å². The van der Waals surface area contributed by atoms with Crippen LogP contribution in [0.5, 0.6) is 0 Å². The van der Waals surface area contributed by atoms with Gasteiger partial charge in [-0.05, 0) is 37.5 Å². The van der Waals surface area contributed by atoms with Crippen molar-refractivity contribution in [3.8, 4) is 0 Å². The van der Waals surface area contributed by atoms with E-state index < -0.39 is 97.5 Å². The van der Waals surface area contributed by atoms with Gasteiger partial charge in [-0.2, -0.15) is 0 Å². The Hall–Kier alpha value is -1.94. The molecule has 0 saturated heterocycles. The lowest BCUT2D eigenvalue weighted by atomic mass is 10.0. The number of hydrogen-bond acceptors (Lipinski definition) is 15. The van der Waals surface area contributed by atoms with E-state index in [4.69, 9.17) is 37.0 Å². The van der Waals surface area contributed by atoms with Crippen LogP contribution in [0.3, 0.4) is 0 Å². The van der Waals surface area contributed by atoms with Crippen LogP contribution in [-0.2, 0) is 65.4 Å². The van der Waals surface area contributed by atoms with Gasteiger partial charge < -0.3 is 33.8 Å². The zero-order chi connectivity index (χ0) is 76.4. The Bertz CT molecular complexity index is 1990. The summed E-state index contributed by atoms with van der Waals surface area (Å²) in [7, 11) is -9.92. The molecule has 0 heterocycles. The molecule has 104 heavy (non-hydrogen) atoms. The van der Waals surface area contributed by atoms with Gasteiger partial charge in [0.25, 0.3) is 0 Å². The molecule has 0 aliphatic heterocycles. The number of esters is 4. The highest BCUT2D eigenvalue weighted by Gasteiger charge is 2.30. The number of rotatable bonds is 84. The van der Waals surface area contributed by atoms with Crippen molar-refractivity contribution in [3.63, 3.8) is 0 Å². The molecule has 0 aromatic rings. The van der Waals surface area contributed by atoms with Crippen molar-refractivity contribution in [1.82, 2.24) is 0 Å². The van der Waals surface area contributed by atoms with Gasteiger partial charge >= 0.3 is 39.5 Å². The molecule has 19 heteroatoms. The molecule has 17 nitrogen and oxygen atoms in total. The van der Waals surface area contributed by atoms with Crippen LogP contribution in [0.4, 0.5) is 0 Å². The second-order valence-electron chi connectivity index (χ2n) is 31.5. The Morgan fingerprint density at radius 1 is 0.260 bits per heavy atom. The number of unbranched alkanes of at least 4 members (excludes halogenated alkanes) is 54. The van der Waals surface area contributed by atoms with Crippen molar-refractivity contribution in [2.75, 3.05) is 39.6 Å². The Labute approximate surface area is 638 Å². The van der Waals surface area contributed by atoms with Gasteiger partial charge in [0.15, 0.2) is 12.2 Å². The summed E-state index contributed by atoms with van der Waals surface area (Å²) >= 11 is 0. The summed E-state index contributed by atoms with van der Waals surface area (Å²) < 4.78 is 68.8. The molecular weight excluding hydrogens is 1350 g/mol. The molecule has 0 spiro atoms. The molecule has 0 aromatic heterocycles. The van der Waals surface area contributed by atoms with Crippen LogP contribution in [-0.4, -0.2) is 96.7 Å². The SMILES string of the molecule is CCCCCCCCCCCCCCCCCCCCCCC(=O)O[C@H](COC(=O)CCCCCCCCCCCCCCCCCCC(C)C)COP(=O)(O)OC[C@@H](O)COP(=O)(O)OC[C@@H](COC(=O)CCCCCCCCCCC)OC(=O)CCCCCCCCCCCCCCCC(C)C. The highest BCUT2D eigenvalue weighted by atomic mass is 31.2. The molecule has 0 amide bonds. The van der Waals surface area contributed by atoms with Gasteiger partial charge in [0.2, 0.25) is 0 Å². The van der Waals surface area contributed by atoms with Crippen molar-refractivity contribution in [2.24, 2.45) is 11.8 Å². The second-order valence-corrected chi connectivity index (χ2v) is 34.4. The summed E-state index contributed by atoms with van der Waals surface area (Å²) in [5.41, 5.74) is 0. The molecule has 0 bridgehead atoms. The first-order chi connectivity index (χ1) is 50.4. The number of carbonyl (C=O) groups excluding carboxylic acids is 4. The second kappa shape index (κ2) is 76.4. The number of carbonyl (C=O) groups is 4. The van der Waals surface area contributed by atoms with E-state index in [0.717, 1.165) is 102 Å². The highest BCUT2D eigenvalue weighted by molar-refractivity contribution is 7.47. The minimum atomic E-state index is -4.96. The van der Waals surface area contributed by atoms with E-state index in [1.165, 1.54) is 270 Å². The molecule has 3 N–H and O–H groups in total. The number of ether oxygens (including phenoxy) is 4. The minimum absolute atomic E-state index is 0.108. The first-order valence-electron chi connectivity index (χ1n) is 44.0. The lowest BCUT2D eigenvalue weighted by Crippen LogP contribution is -2.30. The van der Waals surface area contributed by atoms with Gasteiger partial charge in [0.1, 0.15) is 19.3 Å². The normalized spacial score (nSPS) is 13.8. The Kier molecular flexibility index (Phi) is 75.0. The van der Waals surface area contributed by atoms with E-state index in [1.54, 1.807) is 0 Å². The molecular formula is C85H166O17P2. The zero-order valence-electron chi connectivity index (χ0n) is 68.3. The van der Waals surface area contributed by atoms with Crippen LogP contribution in [0.2, 0.25) is 0 Å². The molecule has 0 aromatic carbocycles. The maximum Gasteiger partial charge on any atom is 0.472 e. The van der Waals surface area contributed by atoms with Gasteiger partial charge in [0.05, 0.1) is 26.4 Å². The first-order valence-corrected chi connectivity index (χ1v) is 47.0. The molecule has 0 fully saturated rings. The van der Waals surface area contributed by atoms with Gasteiger partial charge in [-0.15, -0.1) is 0 Å². The van der Waals surface area contributed by atoms with E-state index in [0.29, 0.717) is 25.7 Å². The number of aliphatic hydroxyl groups excluding tert-OH is 1. The Morgan fingerprint density at radius 3 is 0.654 bits per heavy atom. The van der Waals surface area contributed by atoms with E-state index in [-0.39, 0.29) is 25.7 Å². The molecule has 0 aliphatic rings. The van der Waals surface area contributed by atoms with Crippen molar-refractivity contribution < 1.29 is 80.2 Å². The lowest BCUT2D eigenvalue weighted by molar-refractivity contribution is -0.161. The Morgan fingerprint density at radius 2 is 0.442 bits per heavy atom. The lowest BCUT2D eigenvalue weighted by Gasteiger charge is -2.21. The summed E-state index contributed by atoms with van der Waals surface area (Å²) in [6.07, 6.45) is 68.1. The average molecular weight is 1520 g/mol. The third kappa shape index (κ3) is 78.2. The van der Waals surface area contributed by atoms with Gasteiger partial charge in [0, 0.05) is 25.7 Å². The predicted molar refractivity (Wildman–Crippen MR) is 428 cm³/mol. The fourth-order valence-electron chi connectivity index (χ4n) is 13.2. The van der Waals surface area contributed by atoms with Crippen LogP contribution in [0.1, 0.15) is 452 Å². The Balaban J connectivity index is 5.21. The monoisotopic (exact) mass is 1520 g/mol. The summed E-state index contributed by atoms with van der Waals surface area (Å²) in [6.45, 7) is 9.69. The van der Waals surface area contributed by atoms with Gasteiger partial charge in [-0.25, -0.2) is 9.13 Å². The standard InChI is InChI=1S/C85H166O17P2/c1-7-9-11-13-15-17-18-19-20-21-22-23-24-29-34-39-45-51-57-63-69-84(89)102-81(74-96-83(88)68-62-56-50-44-38-33-28-26-25-27-31-36-42-47-53-59-65-77(3)4)76-100-104(93,94)98-72-79(86)71-97-103(91,92)99-75-80(73-95-82(87)67-61-55-49-41-16-14-12-10-8-2)101-85(90)70-64-58-52-46-40-35-30-32-37-43-48-54-60-66-78(5)6/h77-81,86H,7-76H2,1-6H3,(H,91,92)(H,93,94)/t79-,80+,81+/m0/s1. The maximum atomic E-state index is 13.1. The smallest absolute Gasteiger partial charge is 0.462 e. The number of phosphoric ester groups is 2. The van der Waals surface area contributed by atoms with Crippen LogP contribution < -0.4 is 0 Å². The van der Waals surface area contributed by atoms with Crippen molar-refractivity contribution in [1.29, 1.82) is 0 Å². The molecule has 0 rings (SSSR count). The average Bonchev–Trinajstić information content (AvgIpc) is 0.937. The summed E-state index contributed by atoms with van der Waals surface area (Å²) in [5.74, 6) is -0.505. The molecule has 5 atom stereocenters. The van der Waals surface area contributed by atoms with Crippen molar-refractivity contribution in [3.05, 3.63) is 0 Å². The topological polar surface area (TPSA) is 237 Å². The van der Waals surface area contributed by atoms with Crippen molar-refractivity contribution >= 4 is 39.5 Å². The zero-order valence-corrected chi connectivity index (χ0v) is 70.1. The number of phosphoric acid groups is 2. The predicted octanol–water partition coefficient (Wildman–Crippen LogP) is 25.8. The van der Waals surface area contributed by atoms with E-state index >= 15 is 0 Å². The fourth-order valence-corrected chi connectivity index (χ4v) is 14.8. The number of hydrogen-bond donors (Lipinski definition) is 3. The van der Waals surface area contributed by atoms with Gasteiger partial charge in [-0.3, -0.25) is 37.3 Å². The maximum absolute atomic E-state index is 13.1. The minimum Gasteiger partial charge on any atom is -0.462 e. The summed E-state index contributed by atoms with van der Waals surface area (Å²) in [4.78, 5) is 73.1. The molecule has 618 valence electrons. The fraction of sp³-hybridized carbons (Fsp3) is 0.953. The highest BCUT2D eigenvalue weighted by Crippen LogP contribution is 2.45. The quantitative estimate of drug-likeness (QED) is 0.0222. The van der Waals surface area contributed by atoms with E-state index in [1.807, 2.05) is 0 Å². The van der Waals surface area contributed by atoms with Crippen molar-refractivity contribution in [2.45, 2.75) is 471 Å². The molecule has 0 aliphatic carbocycles. The largest absolute Gasteiger partial charge is 0.472 e. The third-order valence-corrected chi connectivity index (χ3v) is 21.9. The third-order valence-electron chi connectivity index (χ3n) is 20.0. The van der Waals surface area contributed by atoms with Crippen LogP contribution in [0.25, 0.3) is 0 Å². The molecule has 2 unspecified atom stereocenters. The van der Waals surface area contributed by atoms with Gasteiger partial charge in [-0.1, -0.05) is 401 Å². The first kappa shape index (κ1) is 102. The summed E-state index contributed by atoms with van der Waals surface area (Å²) in [6, 6.07) is 0. The van der Waals surface area contributed by atoms with E-state index in [9.17, 15) is 43.2 Å². The van der Waals surface area contributed by atoms with Crippen LogP contribution in [0, 0.1) is 11.8 Å². The van der Waals surface area contributed by atoms with E-state index in [2.05, 4.69) is 41.5 Å².